The Balaban J connectivity index is 3.75. The van der Waals surface area contributed by atoms with Crippen molar-refractivity contribution in [2.45, 2.75) is 13.8 Å². The highest BCUT2D eigenvalue weighted by molar-refractivity contribution is 5.15. The zero-order chi connectivity index (χ0) is 6.57. The monoisotopic (exact) mass is 111 g/mol. The number of hydrogen-bond donors (Lipinski definition) is 1. The molecule has 0 saturated heterocycles. The van der Waals surface area contributed by atoms with Crippen LogP contribution in [0.15, 0.2) is 23.9 Å². The standard InChI is InChI=1S/C7H13N/c1-6(2)5-7(3)8-4/h5,8H,1H2,2-4H3/b7-5+. The number of nitrogens with one attached hydrogen (secondary N) is 1. The number of rotatable bonds is 2. The fourth-order valence-corrected chi connectivity index (χ4v) is 0.442. The lowest BCUT2D eigenvalue weighted by molar-refractivity contribution is 0.986. The number of allylic oxidation sites excluding steroid dienone is 3. The van der Waals surface area contributed by atoms with Crippen LogP contribution < -0.4 is 5.32 Å². The third kappa shape index (κ3) is 3.47. The van der Waals surface area contributed by atoms with Crippen LogP contribution in [0.2, 0.25) is 0 Å². The SMILES string of the molecule is C=C(C)/C=C(\C)NC. The minimum absolute atomic E-state index is 1.08. The molecule has 1 N–H and O–H groups in total. The van der Waals surface area contributed by atoms with Crippen LogP contribution in [0.25, 0.3) is 0 Å². The van der Waals surface area contributed by atoms with Crippen LogP contribution >= 0.6 is 0 Å². The highest BCUT2D eigenvalue weighted by Crippen LogP contribution is 1.92. The predicted molar refractivity (Wildman–Crippen MR) is 37.6 cm³/mol. The summed E-state index contributed by atoms with van der Waals surface area (Å²) in [6, 6.07) is 0. The van der Waals surface area contributed by atoms with Gasteiger partial charge in [0.2, 0.25) is 0 Å². The molecule has 0 bridgehead atoms. The second-order valence-corrected chi connectivity index (χ2v) is 1.92. The van der Waals surface area contributed by atoms with Gasteiger partial charge in [-0.1, -0.05) is 12.2 Å². The molecule has 1 heteroatoms. The molecule has 0 amide bonds. The predicted octanol–water partition coefficient (Wildman–Crippen LogP) is 1.69. The van der Waals surface area contributed by atoms with E-state index in [2.05, 4.69) is 11.9 Å². The summed E-state index contributed by atoms with van der Waals surface area (Å²) < 4.78 is 0. The zero-order valence-electron chi connectivity index (χ0n) is 5.78. The molecule has 0 atom stereocenters. The van der Waals surface area contributed by atoms with Gasteiger partial charge < -0.3 is 5.32 Å². The van der Waals surface area contributed by atoms with Crippen LogP contribution in [-0.2, 0) is 0 Å². The van der Waals surface area contributed by atoms with Crippen LogP contribution in [0.4, 0.5) is 0 Å². The first-order valence-electron chi connectivity index (χ1n) is 2.68. The average Bonchev–Trinajstić information content (AvgIpc) is 1.65. The van der Waals surface area contributed by atoms with Gasteiger partial charge in [0.25, 0.3) is 0 Å². The lowest BCUT2D eigenvalue weighted by Gasteiger charge is -1.95. The highest BCUT2D eigenvalue weighted by Gasteiger charge is 1.78. The quantitative estimate of drug-likeness (QED) is 0.535. The Bertz CT molecular complexity index is 112. The van der Waals surface area contributed by atoms with Crippen molar-refractivity contribution in [2.75, 3.05) is 7.05 Å². The van der Waals surface area contributed by atoms with E-state index in [0.717, 1.165) is 11.3 Å². The van der Waals surface area contributed by atoms with Gasteiger partial charge in [-0.25, -0.2) is 0 Å². The third-order valence-corrected chi connectivity index (χ3v) is 0.857. The molecule has 0 aliphatic carbocycles. The van der Waals surface area contributed by atoms with E-state index in [4.69, 9.17) is 0 Å². The molecule has 0 aliphatic heterocycles. The number of hydrogen-bond acceptors (Lipinski definition) is 1. The van der Waals surface area contributed by atoms with E-state index in [1.54, 1.807) is 0 Å². The fraction of sp³-hybridized carbons (Fsp3) is 0.429. The molecule has 0 heterocycles. The molecule has 0 fully saturated rings. The Morgan fingerprint density at radius 1 is 1.50 bits per heavy atom. The van der Waals surface area contributed by atoms with E-state index in [9.17, 15) is 0 Å². The van der Waals surface area contributed by atoms with Gasteiger partial charge in [-0.2, -0.15) is 0 Å². The van der Waals surface area contributed by atoms with E-state index >= 15 is 0 Å². The Labute approximate surface area is 51.1 Å². The van der Waals surface area contributed by atoms with Crippen LogP contribution in [0, 0.1) is 0 Å². The Hall–Kier alpha value is -0.720. The topological polar surface area (TPSA) is 12.0 Å². The molecular weight excluding hydrogens is 98.1 g/mol. The minimum Gasteiger partial charge on any atom is -0.392 e. The first-order chi connectivity index (χ1) is 3.66. The van der Waals surface area contributed by atoms with Crippen molar-refractivity contribution in [3.8, 4) is 0 Å². The van der Waals surface area contributed by atoms with Crippen molar-refractivity contribution < 1.29 is 0 Å². The molecular formula is C7H13N. The smallest absolute Gasteiger partial charge is 0.00748 e. The summed E-state index contributed by atoms with van der Waals surface area (Å²) in [4.78, 5) is 0. The van der Waals surface area contributed by atoms with Crippen molar-refractivity contribution in [1.82, 2.24) is 5.32 Å². The van der Waals surface area contributed by atoms with Crippen LogP contribution in [0.3, 0.4) is 0 Å². The molecule has 0 radical (unpaired) electrons. The van der Waals surface area contributed by atoms with Crippen molar-refractivity contribution in [2.24, 2.45) is 0 Å². The summed E-state index contributed by atoms with van der Waals surface area (Å²) in [5.41, 5.74) is 2.23. The Kier molecular flexibility index (Phi) is 3.01. The molecule has 8 heavy (non-hydrogen) atoms. The van der Waals surface area contributed by atoms with Crippen molar-refractivity contribution in [3.05, 3.63) is 23.9 Å². The second kappa shape index (κ2) is 3.30. The third-order valence-electron chi connectivity index (χ3n) is 0.857. The molecule has 1 nitrogen and oxygen atoms in total. The maximum atomic E-state index is 3.73. The maximum absolute atomic E-state index is 3.73. The molecule has 0 rings (SSSR count). The van der Waals surface area contributed by atoms with Gasteiger partial charge in [-0.15, -0.1) is 0 Å². The maximum Gasteiger partial charge on any atom is 0.00748 e. The van der Waals surface area contributed by atoms with Gasteiger partial charge >= 0.3 is 0 Å². The first kappa shape index (κ1) is 7.28. The summed E-state index contributed by atoms with van der Waals surface area (Å²) in [5, 5.41) is 3.00. The Morgan fingerprint density at radius 2 is 2.00 bits per heavy atom. The fourth-order valence-electron chi connectivity index (χ4n) is 0.442. The normalized spacial score (nSPS) is 11.1. The van der Waals surface area contributed by atoms with Gasteiger partial charge in [-0.3, -0.25) is 0 Å². The lowest BCUT2D eigenvalue weighted by Crippen LogP contribution is -2.00. The van der Waals surface area contributed by atoms with Gasteiger partial charge in [-0.05, 0) is 19.9 Å². The molecule has 0 aromatic carbocycles. The highest BCUT2D eigenvalue weighted by atomic mass is 14.8. The van der Waals surface area contributed by atoms with Crippen molar-refractivity contribution in [1.29, 1.82) is 0 Å². The van der Waals surface area contributed by atoms with E-state index in [1.807, 2.05) is 27.0 Å². The lowest BCUT2D eigenvalue weighted by atomic mass is 10.3. The van der Waals surface area contributed by atoms with Crippen LogP contribution in [-0.4, -0.2) is 7.05 Å². The molecule has 0 aromatic heterocycles. The summed E-state index contributed by atoms with van der Waals surface area (Å²) in [7, 11) is 1.90. The summed E-state index contributed by atoms with van der Waals surface area (Å²) in [5.74, 6) is 0. The van der Waals surface area contributed by atoms with Gasteiger partial charge in [0.1, 0.15) is 0 Å². The zero-order valence-corrected chi connectivity index (χ0v) is 5.78. The summed E-state index contributed by atoms with van der Waals surface area (Å²) in [6.07, 6.45) is 2.00. The van der Waals surface area contributed by atoms with Crippen LogP contribution in [0.1, 0.15) is 13.8 Å². The molecule has 0 unspecified atom stereocenters. The van der Waals surface area contributed by atoms with E-state index in [1.165, 1.54) is 0 Å². The molecule has 0 saturated carbocycles. The van der Waals surface area contributed by atoms with Crippen LogP contribution in [0.5, 0.6) is 0 Å². The van der Waals surface area contributed by atoms with E-state index in [0.29, 0.717) is 0 Å². The summed E-state index contributed by atoms with van der Waals surface area (Å²) >= 11 is 0. The summed E-state index contributed by atoms with van der Waals surface area (Å²) in [6.45, 7) is 7.71. The molecule has 0 aliphatic rings. The minimum atomic E-state index is 1.08. The average molecular weight is 111 g/mol. The van der Waals surface area contributed by atoms with Gasteiger partial charge in [0, 0.05) is 12.7 Å². The molecule has 0 aromatic rings. The van der Waals surface area contributed by atoms with E-state index in [-0.39, 0.29) is 0 Å². The van der Waals surface area contributed by atoms with Crippen molar-refractivity contribution in [3.63, 3.8) is 0 Å². The molecule has 0 spiro atoms. The Morgan fingerprint density at radius 3 is 2.12 bits per heavy atom. The largest absolute Gasteiger partial charge is 0.392 e. The second-order valence-electron chi connectivity index (χ2n) is 1.92. The molecule has 46 valence electrons. The van der Waals surface area contributed by atoms with Crippen molar-refractivity contribution >= 4 is 0 Å². The first-order valence-corrected chi connectivity index (χ1v) is 2.68. The van der Waals surface area contributed by atoms with Gasteiger partial charge in [0.05, 0.1) is 0 Å². The van der Waals surface area contributed by atoms with E-state index < -0.39 is 0 Å². The van der Waals surface area contributed by atoms with Gasteiger partial charge in [0.15, 0.2) is 0 Å².